The highest BCUT2D eigenvalue weighted by Crippen LogP contribution is 2.23. The summed E-state index contributed by atoms with van der Waals surface area (Å²) in [5.74, 6) is -0.703. The van der Waals surface area contributed by atoms with Gasteiger partial charge in [0.1, 0.15) is 36.6 Å². The maximum Gasteiger partial charge on any atom is 0.249 e. The standard InChI is InChI=1S/C51H99NO10/c1-3-5-7-8-9-10-11-12-13-14-15-16-17-18-19-20-21-22-23-24-25-26-27-28-29-30-31-32-33-34-35-37-39-44(55)50(60)52-42(46(56)43(54)38-36-6-4-2)41-61-51-49(59)48(58)47(57)45(40-53)62-51/h18-19,42-49,51,53-59H,3-17,20-41H2,1-2H3,(H,52,60)/b19-18-. The van der Waals surface area contributed by atoms with Crippen LogP contribution in [0.4, 0.5) is 0 Å². The van der Waals surface area contributed by atoms with Crippen LogP contribution in [0.25, 0.3) is 0 Å². The largest absolute Gasteiger partial charge is 0.394 e. The predicted molar refractivity (Wildman–Crippen MR) is 252 cm³/mol. The molecule has 9 atom stereocenters. The first kappa shape index (κ1) is 58.9. The smallest absolute Gasteiger partial charge is 0.249 e. The zero-order valence-electron chi connectivity index (χ0n) is 39.9. The molecule has 1 heterocycles. The first-order chi connectivity index (χ1) is 30.2. The van der Waals surface area contributed by atoms with Gasteiger partial charge in [0.15, 0.2) is 6.29 Å². The molecule has 0 aromatic carbocycles. The number of unbranched alkanes of at least 4 members (excludes halogenated alkanes) is 30. The van der Waals surface area contributed by atoms with Crippen molar-refractivity contribution < 1.29 is 50.0 Å². The number of ether oxygens (including phenoxy) is 2. The fraction of sp³-hybridized carbons (Fsp3) is 0.941. The summed E-state index contributed by atoms with van der Waals surface area (Å²) in [4.78, 5) is 13.0. The van der Waals surface area contributed by atoms with E-state index in [1.54, 1.807) is 0 Å². The van der Waals surface area contributed by atoms with E-state index in [9.17, 15) is 40.5 Å². The van der Waals surface area contributed by atoms with Crippen molar-refractivity contribution in [3.63, 3.8) is 0 Å². The number of hydrogen-bond donors (Lipinski definition) is 8. The van der Waals surface area contributed by atoms with Crippen LogP contribution in [0.5, 0.6) is 0 Å². The van der Waals surface area contributed by atoms with Gasteiger partial charge in [0.2, 0.25) is 5.91 Å². The molecule has 1 amide bonds. The maximum absolute atomic E-state index is 13.0. The number of carbonyl (C=O) groups excluding carboxylic acids is 1. The van der Waals surface area contributed by atoms with E-state index in [2.05, 4.69) is 24.4 Å². The first-order valence-corrected chi connectivity index (χ1v) is 26.1. The number of aliphatic hydroxyl groups excluding tert-OH is 7. The topological polar surface area (TPSA) is 189 Å². The molecule has 368 valence electrons. The van der Waals surface area contributed by atoms with Crippen LogP contribution in [0.15, 0.2) is 12.2 Å². The third kappa shape index (κ3) is 30.1. The Morgan fingerprint density at radius 1 is 0.548 bits per heavy atom. The van der Waals surface area contributed by atoms with Gasteiger partial charge in [-0.3, -0.25) is 4.79 Å². The van der Waals surface area contributed by atoms with Crippen LogP contribution in [0.2, 0.25) is 0 Å². The van der Waals surface area contributed by atoms with Crippen LogP contribution in [-0.4, -0.2) is 110 Å². The minimum atomic E-state index is -1.65. The number of rotatable bonds is 44. The molecule has 0 bridgehead atoms. The van der Waals surface area contributed by atoms with E-state index in [-0.39, 0.29) is 6.42 Å². The average Bonchev–Trinajstić information content (AvgIpc) is 3.27. The lowest BCUT2D eigenvalue weighted by Crippen LogP contribution is -2.60. The Labute approximate surface area is 379 Å². The van der Waals surface area contributed by atoms with Gasteiger partial charge in [0.05, 0.1) is 25.4 Å². The predicted octanol–water partition coefficient (Wildman–Crippen LogP) is 9.62. The molecule has 0 spiro atoms. The van der Waals surface area contributed by atoms with E-state index in [1.807, 2.05) is 6.92 Å². The molecule has 8 N–H and O–H groups in total. The fourth-order valence-electron chi connectivity index (χ4n) is 8.50. The third-order valence-electron chi connectivity index (χ3n) is 12.8. The van der Waals surface area contributed by atoms with Gasteiger partial charge >= 0.3 is 0 Å². The van der Waals surface area contributed by atoms with E-state index in [0.29, 0.717) is 19.3 Å². The zero-order chi connectivity index (χ0) is 45.5. The van der Waals surface area contributed by atoms with Gasteiger partial charge in [0.25, 0.3) is 0 Å². The highest BCUT2D eigenvalue weighted by atomic mass is 16.7. The first-order valence-electron chi connectivity index (χ1n) is 26.1. The van der Waals surface area contributed by atoms with Crippen LogP contribution in [0.1, 0.15) is 239 Å². The summed E-state index contributed by atoms with van der Waals surface area (Å²) in [6.07, 6.45) is 35.6. The van der Waals surface area contributed by atoms with Gasteiger partial charge in [0, 0.05) is 0 Å². The molecule has 0 aromatic heterocycles. The highest BCUT2D eigenvalue weighted by Gasteiger charge is 2.44. The molecule has 0 aliphatic carbocycles. The number of aliphatic hydroxyl groups is 7. The molecule has 1 rings (SSSR count). The molecule has 11 heteroatoms. The van der Waals surface area contributed by atoms with Gasteiger partial charge in [-0.2, -0.15) is 0 Å². The van der Waals surface area contributed by atoms with Gasteiger partial charge in [-0.1, -0.05) is 212 Å². The molecule has 1 saturated heterocycles. The summed E-state index contributed by atoms with van der Waals surface area (Å²) in [5.41, 5.74) is 0. The number of allylic oxidation sites excluding steroid dienone is 2. The van der Waals surface area contributed by atoms with Crippen molar-refractivity contribution in [3.8, 4) is 0 Å². The van der Waals surface area contributed by atoms with Crippen molar-refractivity contribution >= 4 is 5.91 Å². The van der Waals surface area contributed by atoms with E-state index >= 15 is 0 Å². The number of amides is 1. The minimum absolute atomic E-state index is 0.262. The summed E-state index contributed by atoms with van der Waals surface area (Å²) in [6.45, 7) is 3.25. The minimum Gasteiger partial charge on any atom is -0.394 e. The quantitative estimate of drug-likeness (QED) is 0.0216. The van der Waals surface area contributed by atoms with Crippen molar-refractivity contribution in [3.05, 3.63) is 12.2 Å². The molecule has 0 radical (unpaired) electrons. The van der Waals surface area contributed by atoms with E-state index in [1.165, 1.54) is 167 Å². The molecule has 9 unspecified atom stereocenters. The Balaban J connectivity index is 2.05. The second-order valence-corrected chi connectivity index (χ2v) is 18.6. The van der Waals surface area contributed by atoms with Crippen molar-refractivity contribution in [2.24, 2.45) is 0 Å². The van der Waals surface area contributed by atoms with Crippen LogP contribution in [-0.2, 0) is 14.3 Å². The van der Waals surface area contributed by atoms with Crippen molar-refractivity contribution in [1.82, 2.24) is 5.32 Å². The summed E-state index contributed by atoms with van der Waals surface area (Å²) in [7, 11) is 0. The Bertz CT molecular complexity index is 1020. The molecule has 11 nitrogen and oxygen atoms in total. The lowest BCUT2D eigenvalue weighted by Gasteiger charge is -2.40. The monoisotopic (exact) mass is 886 g/mol. The summed E-state index contributed by atoms with van der Waals surface area (Å²) < 4.78 is 11.0. The lowest BCUT2D eigenvalue weighted by molar-refractivity contribution is -0.303. The molecular weight excluding hydrogens is 787 g/mol. The zero-order valence-corrected chi connectivity index (χ0v) is 39.9. The molecule has 0 aromatic rings. The Morgan fingerprint density at radius 3 is 1.37 bits per heavy atom. The number of carbonyl (C=O) groups is 1. The van der Waals surface area contributed by atoms with E-state index < -0.39 is 74.2 Å². The van der Waals surface area contributed by atoms with Gasteiger partial charge in [-0.25, -0.2) is 0 Å². The second-order valence-electron chi connectivity index (χ2n) is 18.6. The highest BCUT2D eigenvalue weighted by molar-refractivity contribution is 5.80. The third-order valence-corrected chi connectivity index (χ3v) is 12.8. The molecule has 1 aliphatic heterocycles. The van der Waals surface area contributed by atoms with Crippen LogP contribution in [0, 0.1) is 0 Å². The fourth-order valence-corrected chi connectivity index (χ4v) is 8.50. The van der Waals surface area contributed by atoms with E-state index in [4.69, 9.17) is 9.47 Å². The van der Waals surface area contributed by atoms with Crippen molar-refractivity contribution in [2.75, 3.05) is 13.2 Å². The van der Waals surface area contributed by atoms with Gasteiger partial charge in [-0.05, 0) is 38.5 Å². The van der Waals surface area contributed by atoms with Gasteiger partial charge < -0.3 is 50.5 Å². The number of nitrogens with one attached hydrogen (secondary N) is 1. The molecule has 1 aliphatic rings. The summed E-state index contributed by atoms with van der Waals surface area (Å²) in [6, 6.07) is -1.16. The van der Waals surface area contributed by atoms with Crippen LogP contribution >= 0.6 is 0 Å². The normalized spacial score (nSPS) is 21.3. The summed E-state index contributed by atoms with van der Waals surface area (Å²) in [5, 5.41) is 74.7. The second kappa shape index (κ2) is 41.3. The van der Waals surface area contributed by atoms with Crippen LogP contribution < -0.4 is 5.32 Å². The SMILES string of the molecule is CCCCCCCCCCCCCC/C=C\CCCCCCCCCCCCCCCCCCC(O)C(=O)NC(COC1OC(CO)C(O)C(O)C1O)C(O)C(O)CCCCC. The van der Waals surface area contributed by atoms with E-state index in [0.717, 1.165) is 32.1 Å². The molecule has 1 fully saturated rings. The lowest BCUT2D eigenvalue weighted by atomic mass is 9.98. The maximum atomic E-state index is 13.0. The van der Waals surface area contributed by atoms with Crippen molar-refractivity contribution in [1.29, 1.82) is 0 Å². The van der Waals surface area contributed by atoms with Crippen molar-refractivity contribution in [2.45, 2.75) is 294 Å². The summed E-state index contributed by atoms with van der Waals surface area (Å²) >= 11 is 0. The molecule has 62 heavy (non-hydrogen) atoms. The molecule has 0 saturated carbocycles. The Hall–Kier alpha value is -1.15. The Morgan fingerprint density at radius 2 is 0.935 bits per heavy atom. The number of hydrogen-bond acceptors (Lipinski definition) is 10. The average molecular weight is 886 g/mol. The van der Waals surface area contributed by atoms with Crippen LogP contribution in [0.3, 0.4) is 0 Å². The Kier molecular flexibility index (Phi) is 39.2. The van der Waals surface area contributed by atoms with Gasteiger partial charge in [-0.15, -0.1) is 0 Å². The molecular formula is C51H99NO10.